The molecule has 0 aromatic rings. The van der Waals surface area contributed by atoms with Crippen molar-refractivity contribution in [3.05, 3.63) is 0 Å². The third-order valence-electron chi connectivity index (χ3n) is 1.35. The zero-order valence-corrected chi connectivity index (χ0v) is 8.54. The van der Waals surface area contributed by atoms with E-state index in [1.165, 1.54) is 19.3 Å². The van der Waals surface area contributed by atoms with E-state index in [0.717, 1.165) is 11.5 Å². The lowest BCUT2D eigenvalue weighted by atomic mass is 10.2. The van der Waals surface area contributed by atoms with Crippen LogP contribution < -0.4 is 0 Å². The first-order valence-corrected chi connectivity index (χ1v) is 4.77. The van der Waals surface area contributed by atoms with E-state index in [2.05, 4.69) is 6.92 Å². The minimum atomic E-state index is 0.240. The summed E-state index contributed by atoms with van der Waals surface area (Å²) in [5.41, 5.74) is 0. The van der Waals surface area contributed by atoms with Crippen molar-refractivity contribution in [3.8, 4) is 0 Å². The summed E-state index contributed by atoms with van der Waals surface area (Å²) in [6, 6.07) is 0. The molecule has 0 aliphatic carbocycles. The highest BCUT2D eigenvalue weighted by Gasteiger charge is 1.99. The van der Waals surface area contributed by atoms with Gasteiger partial charge in [0.15, 0.2) is 5.05 Å². The highest BCUT2D eigenvalue weighted by Crippen LogP contribution is 2.03. The molecule has 0 aromatic carbocycles. The summed E-state index contributed by atoms with van der Waals surface area (Å²) in [6.07, 6.45) is 4.85. The summed E-state index contributed by atoms with van der Waals surface area (Å²) in [5.74, 6) is 0. The van der Waals surface area contributed by atoms with Crippen LogP contribution in [-0.2, 0) is 4.74 Å². The average molecular weight is 174 g/mol. The minimum Gasteiger partial charge on any atom is -0.484 e. The minimum absolute atomic E-state index is 0.240. The lowest BCUT2D eigenvalue weighted by Gasteiger charge is -2.09. The quantitative estimate of drug-likeness (QED) is 0.467. The van der Waals surface area contributed by atoms with Crippen LogP contribution in [0.5, 0.6) is 0 Å². The van der Waals surface area contributed by atoms with Gasteiger partial charge in [0, 0.05) is 6.42 Å². The van der Waals surface area contributed by atoms with Gasteiger partial charge < -0.3 is 4.74 Å². The lowest BCUT2D eigenvalue weighted by Crippen LogP contribution is -2.08. The summed E-state index contributed by atoms with van der Waals surface area (Å²) in [7, 11) is 0. The summed E-state index contributed by atoms with van der Waals surface area (Å²) in [4.78, 5) is 0. The Balaban J connectivity index is 3.23. The van der Waals surface area contributed by atoms with Gasteiger partial charge in [0.1, 0.15) is 0 Å². The number of ether oxygens (including phenoxy) is 1. The summed E-state index contributed by atoms with van der Waals surface area (Å²) in [6.45, 7) is 6.20. The van der Waals surface area contributed by atoms with Gasteiger partial charge >= 0.3 is 0 Å². The molecule has 0 spiro atoms. The molecule has 2 heteroatoms. The monoisotopic (exact) mass is 174 g/mol. The second-order valence-corrected chi connectivity index (χ2v) is 3.45. The van der Waals surface area contributed by atoms with Crippen molar-refractivity contribution in [2.45, 2.75) is 52.6 Å². The highest BCUT2D eigenvalue weighted by molar-refractivity contribution is 7.80. The first kappa shape index (κ1) is 10.9. The van der Waals surface area contributed by atoms with Crippen molar-refractivity contribution < 1.29 is 4.74 Å². The molecule has 0 heterocycles. The van der Waals surface area contributed by atoms with E-state index >= 15 is 0 Å². The van der Waals surface area contributed by atoms with Gasteiger partial charge in [-0.05, 0) is 32.5 Å². The van der Waals surface area contributed by atoms with Crippen LogP contribution in [-0.4, -0.2) is 11.2 Å². The molecule has 0 amide bonds. The van der Waals surface area contributed by atoms with Crippen LogP contribution in [0.2, 0.25) is 0 Å². The Morgan fingerprint density at radius 2 is 2.00 bits per heavy atom. The highest BCUT2D eigenvalue weighted by atomic mass is 32.1. The predicted molar refractivity (Wildman–Crippen MR) is 53.0 cm³/mol. The SMILES string of the molecule is CCCCCC(=S)OC(C)C. The Kier molecular flexibility index (Phi) is 6.52. The third kappa shape index (κ3) is 7.79. The summed E-state index contributed by atoms with van der Waals surface area (Å²) >= 11 is 5.02. The molecule has 0 aliphatic rings. The average Bonchev–Trinajstić information content (AvgIpc) is 1.86. The van der Waals surface area contributed by atoms with Gasteiger partial charge in [-0.2, -0.15) is 0 Å². The molecule has 0 unspecified atom stereocenters. The number of rotatable bonds is 5. The van der Waals surface area contributed by atoms with Crippen LogP contribution >= 0.6 is 12.2 Å². The molecular weight excluding hydrogens is 156 g/mol. The molecule has 0 rings (SSSR count). The van der Waals surface area contributed by atoms with Crippen molar-refractivity contribution in [2.24, 2.45) is 0 Å². The second kappa shape index (κ2) is 6.59. The van der Waals surface area contributed by atoms with Crippen LogP contribution in [0, 0.1) is 0 Å². The second-order valence-electron chi connectivity index (χ2n) is 3.00. The van der Waals surface area contributed by atoms with Crippen LogP contribution in [0.4, 0.5) is 0 Å². The first-order chi connectivity index (χ1) is 5.16. The summed E-state index contributed by atoms with van der Waals surface area (Å²) < 4.78 is 5.33. The zero-order chi connectivity index (χ0) is 8.69. The largest absolute Gasteiger partial charge is 0.484 e. The van der Waals surface area contributed by atoms with Crippen molar-refractivity contribution in [3.63, 3.8) is 0 Å². The molecule has 66 valence electrons. The third-order valence-corrected chi connectivity index (χ3v) is 1.65. The summed E-state index contributed by atoms with van der Waals surface area (Å²) in [5, 5.41) is 0.772. The maximum Gasteiger partial charge on any atom is 0.160 e. The van der Waals surface area contributed by atoms with Gasteiger partial charge in [-0.25, -0.2) is 0 Å². The Bertz CT molecular complexity index is 110. The van der Waals surface area contributed by atoms with Gasteiger partial charge in [-0.3, -0.25) is 0 Å². The number of thiocarbonyl (C=S) groups is 1. The van der Waals surface area contributed by atoms with Gasteiger partial charge in [-0.15, -0.1) is 0 Å². The molecule has 0 saturated carbocycles. The molecule has 0 fully saturated rings. The fourth-order valence-corrected chi connectivity index (χ4v) is 1.18. The topological polar surface area (TPSA) is 9.23 Å². The standard InChI is InChI=1S/C9H18OS/c1-4-5-6-7-9(11)10-8(2)3/h8H,4-7H2,1-3H3. The van der Waals surface area contributed by atoms with Crippen molar-refractivity contribution in [1.29, 1.82) is 0 Å². The number of unbranched alkanes of at least 4 members (excludes halogenated alkanes) is 2. The van der Waals surface area contributed by atoms with Crippen molar-refractivity contribution in [1.82, 2.24) is 0 Å². The van der Waals surface area contributed by atoms with Gasteiger partial charge in [0.25, 0.3) is 0 Å². The van der Waals surface area contributed by atoms with E-state index < -0.39 is 0 Å². The molecule has 0 saturated heterocycles. The Labute approximate surface area is 75.1 Å². The lowest BCUT2D eigenvalue weighted by molar-refractivity contribution is 0.228. The molecule has 0 aromatic heterocycles. The molecule has 11 heavy (non-hydrogen) atoms. The van der Waals surface area contributed by atoms with E-state index in [1.54, 1.807) is 0 Å². The zero-order valence-electron chi connectivity index (χ0n) is 7.72. The molecule has 0 atom stereocenters. The Morgan fingerprint density at radius 3 is 2.45 bits per heavy atom. The molecule has 0 N–H and O–H groups in total. The molecule has 0 aliphatic heterocycles. The van der Waals surface area contributed by atoms with Crippen LogP contribution in [0.15, 0.2) is 0 Å². The predicted octanol–water partition coefficient (Wildman–Crippen LogP) is 3.32. The fourth-order valence-electron chi connectivity index (χ4n) is 0.841. The normalized spacial score (nSPS) is 10.2. The van der Waals surface area contributed by atoms with E-state index in [0.29, 0.717) is 0 Å². The van der Waals surface area contributed by atoms with E-state index in [9.17, 15) is 0 Å². The Hall–Kier alpha value is -0.110. The number of hydrogen-bond donors (Lipinski definition) is 0. The fraction of sp³-hybridized carbons (Fsp3) is 0.889. The molecule has 0 bridgehead atoms. The van der Waals surface area contributed by atoms with Crippen LogP contribution in [0.1, 0.15) is 46.5 Å². The van der Waals surface area contributed by atoms with Gasteiger partial charge in [0.2, 0.25) is 0 Å². The van der Waals surface area contributed by atoms with Crippen LogP contribution in [0.25, 0.3) is 0 Å². The van der Waals surface area contributed by atoms with E-state index in [4.69, 9.17) is 17.0 Å². The van der Waals surface area contributed by atoms with Crippen molar-refractivity contribution >= 4 is 17.3 Å². The first-order valence-electron chi connectivity index (χ1n) is 4.36. The molecule has 1 nitrogen and oxygen atoms in total. The van der Waals surface area contributed by atoms with Gasteiger partial charge in [0.05, 0.1) is 6.10 Å². The maximum absolute atomic E-state index is 5.33. The molecular formula is C9H18OS. The smallest absolute Gasteiger partial charge is 0.160 e. The Morgan fingerprint density at radius 1 is 1.36 bits per heavy atom. The van der Waals surface area contributed by atoms with Crippen molar-refractivity contribution in [2.75, 3.05) is 0 Å². The van der Waals surface area contributed by atoms with Crippen LogP contribution in [0.3, 0.4) is 0 Å². The van der Waals surface area contributed by atoms with E-state index in [1.807, 2.05) is 13.8 Å². The molecule has 0 radical (unpaired) electrons. The number of hydrogen-bond acceptors (Lipinski definition) is 2. The van der Waals surface area contributed by atoms with Gasteiger partial charge in [-0.1, -0.05) is 19.8 Å². The van der Waals surface area contributed by atoms with E-state index in [-0.39, 0.29) is 6.10 Å². The maximum atomic E-state index is 5.33.